The number of aromatic nitrogens is 1. The fourth-order valence-electron chi connectivity index (χ4n) is 1.91. The van der Waals surface area contributed by atoms with Crippen molar-refractivity contribution in [2.75, 3.05) is 11.9 Å². The number of hydrogen-bond acceptors (Lipinski definition) is 5. The van der Waals surface area contributed by atoms with Crippen LogP contribution in [0, 0.1) is 0 Å². The summed E-state index contributed by atoms with van der Waals surface area (Å²) in [6.45, 7) is 2.45. The minimum Gasteiger partial charge on any atom is -0.494 e. The summed E-state index contributed by atoms with van der Waals surface area (Å²) in [5.41, 5.74) is 6.65. The molecule has 0 radical (unpaired) electrons. The van der Waals surface area contributed by atoms with Crippen LogP contribution in [0.5, 0.6) is 5.75 Å². The third-order valence-corrected chi connectivity index (χ3v) is 3.70. The lowest BCUT2D eigenvalue weighted by molar-refractivity contribution is -0.116. The smallest absolute Gasteiger partial charge is 0.226 e. The number of para-hydroxylation sites is 1. The highest BCUT2D eigenvalue weighted by atomic mass is 32.1. The lowest BCUT2D eigenvalue weighted by Crippen LogP contribution is -2.18. The van der Waals surface area contributed by atoms with E-state index in [1.165, 1.54) is 11.3 Å². The topological polar surface area (TPSA) is 77.2 Å². The summed E-state index contributed by atoms with van der Waals surface area (Å²) >= 11 is 1.43. The first-order chi connectivity index (χ1) is 10.6. The van der Waals surface area contributed by atoms with E-state index in [4.69, 9.17) is 10.5 Å². The van der Waals surface area contributed by atoms with Crippen molar-refractivity contribution in [3.63, 3.8) is 0 Å². The summed E-state index contributed by atoms with van der Waals surface area (Å²) < 4.78 is 5.55. The Bertz CT molecular complexity index is 584. The molecule has 0 saturated heterocycles. The van der Waals surface area contributed by atoms with Crippen molar-refractivity contribution in [3.05, 3.63) is 41.4 Å². The van der Waals surface area contributed by atoms with Gasteiger partial charge in [-0.25, -0.2) is 4.98 Å². The molecule has 1 unspecified atom stereocenters. The van der Waals surface area contributed by atoms with Gasteiger partial charge in [-0.2, -0.15) is 0 Å². The molecule has 0 fully saturated rings. The van der Waals surface area contributed by atoms with Gasteiger partial charge in [0, 0.05) is 24.3 Å². The highest BCUT2D eigenvalue weighted by molar-refractivity contribution is 7.13. The van der Waals surface area contributed by atoms with Crippen LogP contribution in [0.15, 0.2) is 35.7 Å². The van der Waals surface area contributed by atoms with Crippen LogP contribution in [0.1, 0.15) is 25.5 Å². The Morgan fingerprint density at radius 3 is 2.91 bits per heavy atom. The molecule has 0 spiro atoms. The molecule has 0 aliphatic carbocycles. The highest BCUT2D eigenvalue weighted by Crippen LogP contribution is 2.17. The van der Waals surface area contributed by atoms with Gasteiger partial charge >= 0.3 is 0 Å². The zero-order valence-electron chi connectivity index (χ0n) is 12.6. The molecule has 1 heterocycles. The van der Waals surface area contributed by atoms with Gasteiger partial charge in [0.1, 0.15) is 5.75 Å². The van der Waals surface area contributed by atoms with Crippen molar-refractivity contribution in [1.82, 2.24) is 4.98 Å². The highest BCUT2D eigenvalue weighted by Gasteiger charge is 2.08. The first-order valence-corrected chi connectivity index (χ1v) is 8.19. The number of nitrogens with two attached hydrogens (primary N) is 1. The quantitative estimate of drug-likeness (QED) is 0.734. The number of hydrogen-bond donors (Lipinski definition) is 2. The molecule has 3 N–H and O–H groups in total. The Labute approximate surface area is 134 Å². The first-order valence-electron chi connectivity index (χ1n) is 7.31. The van der Waals surface area contributed by atoms with E-state index in [2.05, 4.69) is 10.3 Å². The molecule has 118 valence electrons. The molecule has 0 bridgehead atoms. The number of benzene rings is 1. The Balaban J connectivity index is 1.66. The minimum atomic E-state index is -0.0432. The number of carbonyl (C=O) groups is 1. The third-order valence-electron chi connectivity index (χ3n) is 2.89. The van der Waals surface area contributed by atoms with Gasteiger partial charge in [0.05, 0.1) is 12.3 Å². The van der Waals surface area contributed by atoms with Gasteiger partial charge in [0.2, 0.25) is 5.91 Å². The average molecular weight is 319 g/mol. The molecule has 2 aromatic rings. The van der Waals surface area contributed by atoms with Gasteiger partial charge in [-0.15, -0.1) is 11.3 Å². The summed E-state index contributed by atoms with van der Waals surface area (Å²) in [4.78, 5) is 16.2. The molecular weight excluding hydrogens is 298 g/mol. The maximum Gasteiger partial charge on any atom is 0.226 e. The Morgan fingerprint density at radius 1 is 1.41 bits per heavy atom. The van der Waals surface area contributed by atoms with Crippen LogP contribution in [0.4, 0.5) is 5.13 Å². The summed E-state index contributed by atoms with van der Waals surface area (Å²) in [5.74, 6) is 0.779. The second kappa shape index (κ2) is 8.51. The van der Waals surface area contributed by atoms with Crippen LogP contribution in [0.25, 0.3) is 0 Å². The summed E-state index contributed by atoms with van der Waals surface area (Å²) in [6, 6.07) is 9.65. The number of carbonyl (C=O) groups excluding carboxylic acids is 1. The lowest BCUT2D eigenvalue weighted by atomic mass is 10.2. The number of thiazole rings is 1. The first kappa shape index (κ1) is 16.5. The molecule has 1 atom stereocenters. The number of nitrogens with zero attached hydrogens (tertiary/aromatic N) is 1. The van der Waals surface area contributed by atoms with Crippen molar-refractivity contribution in [1.29, 1.82) is 0 Å². The largest absolute Gasteiger partial charge is 0.494 e. The van der Waals surface area contributed by atoms with E-state index in [1.807, 2.05) is 42.6 Å². The molecule has 2 rings (SSSR count). The molecule has 22 heavy (non-hydrogen) atoms. The zero-order chi connectivity index (χ0) is 15.8. The molecule has 0 saturated carbocycles. The number of rotatable bonds is 8. The molecular formula is C16H21N3O2S. The van der Waals surface area contributed by atoms with Gasteiger partial charge in [-0.1, -0.05) is 18.2 Å². The maximum atomic E-state index is 11.8. The van der Waals surface area contributed by atoms with E-state index in [1.54, 1.807) is 0 Å². The van der Waals surface area contributed by atoms with Crippen LogP contribution < -0.4 is 15.8 Å². The number of anilines is 1. The van der Waals surface area contributed by atoms with E-state index in [0.717, 1.165) is 17.9 Å². The van der Waals surface area contributed by atoms with Crippen LogP contribution in [-0.4, -0.2) is 23.5 Å². The van der Waals surface area contributed by atoms with Crippen molar-refractivity contribution in [3.8, 4) is 5.75 Å². The molecule has 1 amide bonds. The van der Waals surface area contributed by atoms with Crippen LogP contribution in [0.3, 0.4) is 0 Å². The SMILES string of the molecule is CC(N)Cc1csc(NC(=O)CCCOc2ccccc2)n1. The van der Waals surface area contributed by atoms with Crippen molar-refractivity contribution in [2.24, 2.45) is 5.73 Å². The lowest BCUT2D eigenvalue weighted by Gasteiger charge is -2.05. The number of amides is 1. The summed E-state index contributed by atoms with van der Waals surface area (Å²) in [6.07, 6.45) is 1.80. The fourth-order valence-corrected chi connectivity index (χ4v) is 2.65. The predicted molar refractivity (Wildman–Crippen MR) is 89.3 cm³/mol. The van der Waals surface area contributed by atoms with Gasteiger partial charge in [0.25, 0.3) is 0 Å². The van der Waals surface area contributed by atoms with Gasteiger partial charge in [-0.3, -0.25) is 4.79 Å². The van der Waals surface area contributed by atoms with Crippen LogP contribution in [-0.2, 0) is 11.2 Å². The molecule has 0 aliphatic heterocycles. The van der Waals surface area contributed by atoms with Crippen LogP contribution >= 0.6 is 11.3 Å². The Morgan fingerprint density at radius 2 is 2.18 bits per heavy atom. The predicted octanol–water partition coefficient (Wildman–Crippen LogP) is 2.83. The van der Waals surface area contributed by atoms with E-state index in [9.17, 15) is 4.79 Å². The second-order valence-corrected chi connectivity index (χ2v) is 6.00. The average Bonchev–Trinajstić information content (AvgIpc) is 2.91. The maximum absolute atomic E-state index is 11.8. The number of nitrogens with one attached hydrogen (secondary N) is 1. The van der Waals surface area contributed by atoms with Crippen molar-refractivity contribution < 1.29 is 9.53 Å². The summed E-state index contributed by atoms with van der Waals surface area (Å²) in [5, 5.41) is 5.36. The van der Waals surface area contributed by atoms with E-state index in [-0.39, 0.29) is 11.9 Å². The van der Waals surface area contributed by atoms with E-state index < -0.39 is 0 Å². The minimum absolute atomic E-state index is 0.0432. The number of ether oxygens (including phenoxy) is 1. The zero-order valence-corrected chi connectivity index (χ0v) is 13.4. The van der Waals surface area contributed by atoms with Gasteiger partial charge < -0.3 is 15.8 Å². The second-order valence-electron chi connectivity index (χ2n) is 5.14. The fraction of sp³-hybridized carbons (Fsp3) is 0.375. The van der Waals surface area contributed by atoms with Crippen LogP contribution in [0.2, 0.25) is 0 Å². The standard InChI is InChI=1S/C16H21N3O2S/c1-12(17)10-13-11-22-16(18-13)19-15(20)8-5-9-21-14-6-3-2-4-7-14/h2-4,6-7,11-12H,5,8-10,17H2,1H3,(H,18,19,20). The molecule has 6 heteroatoms. The van der Waals surface area contributed by atoms with Crippen molar-refractivity contribution >= 4 is 22.4 Å². The molecule has 0 aliphatic rings. The molecule has 1 aromatic carbocycles. The Hall–Kier alpha value is -1.92. The van der Waals surface area contributed by atoms with Gasteiger partial charge in [-0.05, 0) is 25.5 Å². The van der Waals surface area contributed by atoms with Gasteiger partial charge in [0.15, 0.2) is 5.13 Å². The molecule has 1 aromatic heterocycles. The Kier molecular flexibility index (Phi) is 6.36. The monoisotopic (exact) mass is 319 g/mol. The van der Waals surface area contributed by atoms with Crippen molar-refractivity contribution in [2.45, 2.75) is 32.2 Å². The van der Waals surface area contributed by atoms with E-state index in [0.29, 0.717) is 24.6 Å². The normalized spacial score (nSPS) is 11.9. The summed E-state index contributed by atoms with van der Waals surface area (Å²) in [7, 11) is 0. The van der Waals surface area contributed by atoms with E-state index >= 15 is 0 Å². The third kappa shape index (κ3) is 5.83. The molecule has 5 nitrogen and oxygen atoms in total.